The van der Waals surface area contributed by atoms with E-state index in [1.807, 2.05) is 11.6 Å². The monoisotopic (exact) mass is 254 g/mol. The molecule has 96 valence electrons. The van der Waals surface area contributed by atoms with Gasteiger partial charge in [0.25, 0.3) is 0 Å². The lowest BCUT2D eigenvalue weighted by atomic mass is 9.99. The van der Waals surface area contributed by atoms with Crippen LogP contribution in [-0.2, 0) is 4.74 Å². The summed E-state index contributed by atoms with van der Waals surface area (Å²) >= 11 is 1.73. The van der Waals surface area contributed by atoms with Gasteiger partial charge in [-0.15, -0.1) is 11.3 Å². The zero-order valence-electron chi connectivity index (χ0n) is 10.7. The second kappa shape index (κ2) is 6.47. The summed E-state index contributed by atoms with van der Waals surface area (Å²) < 4.78 is 5.77. The first-order chi connectivity index (χ1) is 8.29. The largest absolute Gasteiger partial charge is 0.378 e. The minimum absolute atomic E-state index is 0.361. The summed E-state index contributed by atoms with van der Waals surface area (Å²) in [5.41, 5.74) is 0. The smallest absolute Gasteiger partial charge is 0.109 e. The van der Waals surface area contributed by atoms with Crippen molar-refractivity contribution in [2.24, 2.45) is 0 Å². The van der Waals surface area contributed by atoms with Gasteiger partial charge in [0.2, 0.25) is 0 Å². The molecular formula is C13H22N2OS. The Morgan fingerprint density at radius 1 is 1.65 bits per heavy atom. The van der Waals surface area contributed by atoms with Crippen molar-refractivity contribution in [1.29, 1.82) is 0 Å². The average Bonchev–Trinajstić information content (AvgIpc) is 2.83. The Labute approximate surface area is 108 Å². The van der Waals surface area contributed by atoms with Crippen molar-refractivity contribution in [2.45, 2.75) is 57.7 Å². The van der Waals surface area contributed by atoms with Gasteiger partial charge >= 0.3 is 0 Å². The number of nitrogens with zero attached hydrogens (tertiary/aromatic N) is 1. The van der Waals surface area contributed by atoms with Gasteiger partial charge in [-0.05, 0) is 26.2 Å². The Bertz CT molecular complexity index is 313. The Morgan fingerprint density at radius 2 is 2.53 bits per heavy atom. The zero-order chi connectivity index (χ0) is 12.1. The van der Waals surface area contributed by atoms with Crippen LogP contribution >= 0.6 is 11.3 Å². The van der Waals surface area contributed by atoms with Crippen molar-refractivity contribution in [3.8, 4) is 0 Å². The first kappa shape index (κ1) is 13.0. The summed E-state index contributed by atoms with van der Waals surface area (Å²) in [5.74, 6) is 0. The molecule has 1 aliphatic rings. The van der Waals surface area contributed by atoms with Gasteiger partial charge in [-0.25, -0.2) is 4.98 Å². The fourth-order valence-corrected chi connectivity index (χ4v) is 3.08. The minimum atomic E-state index is 0.361. The lowest BCUT2D eigenvalue weighted by Crippen LogP contribution is -2.40. The van der Waals surface area contributed by atoms with E-state index in [1.165, 1.54) is 17.8 Å². The van der Waals surface area contributed by atoms with E-state index in [0.717, 1.165) is 19.4 Å². The standard InChI is InChI=1S/C13H22N2OS/c1-3-4-12-9-11(5-7-16-12)15-10(2)13-14-6-8-17-13/h6,8,10-12,15H,3-5,7,9H2,1-2H3. The highest BCUT2D eigenvalue weighted by molar-refractivity contribution is 7.09. The molecule has 3 atom stereocenters. The molecule has 3 unspecified atom stereocenters. The summed E-state index contributed by atoms with van der Waals surface area (Å²) in [6.07, 6.45) is 6.99. The Balaban J connectivity index is 1.82. The first-order valence-electron chi connectivity index (χ1n) is 6.56. The molecule has 1 fully saturated rings. The van der Waals surface area contributed by atoms with Gasteiger partial charge in [-0.1, -0.05) is 13.3 Å². The maximum Gasteiger partial charge on any atom is 0.109 e. The third kappa shape index (κ3) is 3.76. The van der Waals surface area contributed by atoms with Crippen LogP contribution in [0.25, 0.3) is 0 Å². The van der Waals surface area contributed by atoms with Crippen LogP contribution in [0.3, 0.4) is 0 Å². The highest BCUT2D eigenvalue weighted by atomic mass is 32.1. The lowest BCUT2D eigenvalue weighted by Gasteiger charge is -2.31. The van der Waals surface area contributed by atoms with Crippen molar-refractivity contribution < 1.29 is 4.74 Å². The normalized spacial score (nSPS) is 26.9. The predicted molar refractivity (Wildman–Crippen MR) is 71.3 cm³/mol. The molecule has 1 saturated heterocycles. The fourth-order valence-electron chi connectivity index (χ4n) is 2.43. The molecule has 1 aromatic heterocycles. The van der Waals surface area contributed by atoms with Crippen molar-refractivity contribution in [3.05, 3.63) is 16.6 Å². The van der Waals surface area contributed by atoms with Crippen molar-refractivity contribution in [1.82, 2.24) is 10.3 Å². The topological polar surface area (TPSA) is 34.2 Å². The van der Waals surface area contributed by atoms with E-state index < -0.39 is 0 Å². The predicted octanol–water partition coefficient (Wildman–Crippen LogP) is 3.14. The summed E-state index contributed by atoms with van der Waals surface area (Å²) in [6.45, 7) is 5.31. The van der Waals surface area contributed by atoms with Gasteiger partial charge in [0.15, 0.2) is 0 Å². The maximum atomic E-state index is 5.77. The van der Waals surface area contributed by atoms with Gasteiger partial charge in [0.1, 0.15) is 5.01 Å². The van der Waals surface area contributed by atoms with E-state index in [1.54, 1.807) is 11.3 Å². The van der Waals surface area contributed by atoms with E-state index in [0.29, 0.717) is 18.2 Å². The number of thiazole rings is 1. The van der Waals surface area contributed by atoms with Crippen LogP contribution in [0.15, 0.2) is 11.6 Å². The Morgan fingerprint density at radius 3 is 3.24 bits per heavy atom. The van der Waals surface area contributed by atoms with E-state index >= 15 is 0 Å². The molecular weight excluding hydrogens is 232 g/mol. The van der Waals surface area contributed by atoms with Crippen LogP contribution in [0, 0.1) is 0 Å². The molecule has 0 aromatic carbocycles. The van der Waals surface area contributed by atoms with Crippen LogP contribution in [0.5, 0.6) is 0 Å². The first-order valence-corrected chi connectivity index (χ1v) is 7.44. The number of rotatable bonds is 5. The third-order valence-corrected chi connectivity index (χ3v) is 4.24. The highest BCUT2D eigenvalue weighted by Crippen LogP contribution is 2.22. The maximum absolute atomic E-state index is 5.77. The third-order valence-electron chi connectivity index (χ3n) is 3.29. The van der Waals surface area contributed by atoms with Gasteiger partial charge < -0.3 is 10.1 Å². The van der Waals surface area contributed by atoms with E-state index in [9.17, 15) is 0 Å². The summed E-state index contributed by atoms with van der Waals surface area (Å²) in [4.78, 5) is 4.36. The van der Waals surface area contributed by atoms with Crippen LogP contribution in [-0.4, -0.2) is 23.7 Å². The molecule has 0 amide bonds. The van der Waals surface area contributed by atoms with E-state index in [2.05, 4.69) is 24.1 Å². The van der Waals surface area contributed by atoms with Crippen LogP contribution in [0.4, 0.5) is 0 Å². The van der Waals surface area contributed by atoms with Crippen LogP contribution in [0.2, 0.25) is 0 Å². The van der Waals surface area contributed by atoms with Gasteiger partial charge in [-0.3, -0.25) is 0 Å². The molecule has 1 aromatic rings. The molecule has 0 radical (unpaired) electrons. The number of nitrogens with one attached hydrogen (secondary N) is 1. The van der Waals surface area contributed by atoms with Gasteiger partial charge in [0.05, 0.1) is 12.1 Å². The summed E-state index contributed by atoms with van der Waals surface area (Å²) in [5, 5.41) is 6.90. The second-order valence-corrected chi connectivity index (χ2v) is 5.69. The van der Waals surface area contributed by atoms with Crippen LogP contribution in [0.1, 0.15) is 50.6 Å². The molecule has 3 nitrogen and oxygen atoms in total. The zero-order valence-corrected chi connectivity index (χ0v) is 11.5. The minimum Gasteiger partial charge on any atom is -0.378 e. The molecule has 0 saturated carbocycles. The molecule has 1 aliphatic heterocycles. The number of ether oxygens (including phenoxy) is 1. The van der Waals surface area contributed by atoms with Gasteiger partial charge in [-0.2, -0.15) is 0 Å². The van der Waals surface area contributed by atoms with Crippen molar-refractivity contribution >= 4 is 11.3 Å². The van der Waals surface area contributed by atoms with Crippen molar-refractivity contribution in [2.75, 3.05) is 6.61 Å². The average molecular weight is 254 g/mol. The van der Waals surface area contributed by atoms with E-state index in [4.69, 9.17) is 4.74 Å². The van der Waals surface area contributed by atoms with E-state index in [-0.39, 0.29) is 0 Å². The second-order valence-electron chi connectivity index (χ2n) is 4.76. The molecule has 1 N–H and O–H groups in total. The van der Waals surface area contributed by atoms with Crippen LogP contribution < -0.4 is 5.32 Å². The molecule has 0 bridgehead atoms. The summed E-state index contributed by atoms with van der Waals surface area (Å²) in [6, 6.07) is 0.944. The summed E-state index contributed by atoms with van der Waals surface area (Å²) in [7, 11) is 0. The Hall–Kier alpha value is -0.450. The SMILES string of the molecule is CCCC1CC(NC(C)c2nccs2)CCO1. The molecule has 0 spiro atoms. The number of hydrogen-bond donors (Lipinski definition) is 1. The lowest BCUT2D eigenvalue weighted by molar-refractivity contribution is -0.00472. The Kier molecular flexibility index (Phi) is 4.95. The molecule has 0 aliphatic carbocycles. The van der Waals surface area contributed by atoms with Gasteiger partial charge in [0, 0.05) is 24.2 Å². The molecule has 2 rings (SSSR count). The highest BCUT2D eigenvalue weighted by Gasteiger charge is 2.23. The molecule has 2 heterocycles. The molecule has 4 heteroatoms. The quantitative estimate of drug-likeness (QED) is 0.876. The number of aromatic nitrogens is 1. The van der Waals surface area contributed by atoms with Crippen molar-refractivity contribution in [3.63, 3.8) is 0 Å². The number of hydrogen-bond acceptors (Lipinski definition) is 4. The fraction of sp³-hybridized carbons (Fsp3) is 0.769. The molecule has 17 heavy (non-hydrogen) atoms.